The molecule has 30 heavy (non-hydrogen) atoms. The second-order valence-corrected chi connectivity index (χ2v) is 8.30. The molecule has 1 fully saturated rings. The fourth-order valence-electron chi connectivity index (χ4n) is 4.80. The summed E-state index contributed by atoms with van der Waals surface area (Å²) in [6, 6.07) is 14.4. The van der Waals surface area contributed by atoms with E-state index in [4.69, 9.17) is 9.72 Å². The zero-order chi connectivity index (χ0) is 20.5. The minimum atomic E-state index is 0.112. The number of nitrogens with zero attached hydrogens (tertiary/aromatic N) is 3. The molecule has 0 unspecified atom stereocenters. The minimum Gasteiger partial charge on any atom is -0.495 e. The number of para-hydroxylation sites is 2. The molecule has 156 valence electrons. The maximum Gasteiger partial charge on any atom is 0.227 e. The maximum atomic E-state index is 12.7. The second kappa shape index (κ2) is 8.01. The van der Waals surface area contributed by atoms with Crippen molar-refractivity contribution in [2.45, 2.75) is 45.2 Å². The molecular formula is C24H28N4O2. The Kier molecular flexibility index (Phi) is 5.07. The standard InChI is InChI=1S/C24H28N4O2/c1-30-22-12-11-18(15-20(22)26-24(29)17-7-2-3-8-17)27-13-6-14-28-21-10-5-4-9-19(21)25-23(28)16-27/h4-5,9-12,15,17H,2-3,6-8,13-14,16H2,1H3,(H,26,29). The Hall–Kier alpha value is -3.02. The van der Waals surface area contributed by atoms with Gasteiger partial charge < -0.3 is 19.5 Å². The molecule has 0 atom stereocenters. The van der Waals surface area contributed by atoms with Crippen LogP contribution in [0.4, 0.5) is 11.4 Å². The van der Waals surface area contributed by atoms with Crippen LogP contribution in [-0.4, -0.2) is 29.1 Å². The molecule has 0 spiro atoms. The van der Waals surface area contributed by atoms with E-state index in [1.165, 1.54) is 5.52 Å². The Morgan fingerprint density at radius 3 is 2.77 bits per heavy atom. The van der Waals surface area contributed by atoms with Crippen molar-refractivity contribution in [3.8, 4) is 5.75 Å². The highest BCUT2D eigenvalue weighted by molar-refractivity contribution is 5.94. The monoisotopic (exact) mass is 404 g/mol. The molecule has 1 aliphatic carbocycles. The topological polar surface area (TPSA) is 59.4 Å². The smallest absolute Gasteiger partial charge is 0.227 e. The SMILES string of the molecule is COc1ccc(N2CCCn3c(nc4ccccc43)C2)cc1NC(=O)C1CCCC1. The molecule has 6 nitrogen and oxygen atoms in total. The number of aromatic nitrogens is 2. The summed E-state index contributed by atoms with van der Waals surface area (Å²) in [4.78, 5) is 19.9. The van der Waals surface area contributed by atoms with Gasteiger partial charge in [0.25, 0.3) is 0 Å². The molecule has 5 rings (SSSR count). The number of ether oxygens (including phenoxy) is 1. The molecular weight excluding hydrogens is 376 g/mol. The van der Waals surface area contributed by atoms with Crippen LogP contribution in [0.1, 0.15) is 37.9 Å². The van der Waals surface area contributed by atoms with Crippen LogP contribution in [0.25, 0.3) is 11.0 Å². The van der Waals surface area contributed by atoms with E-state index in [-0.39, 0.29) is 11.8 Å². The Balaban J connectivity index is 1.42. The number of methoxy groups -OCH3 is 1. The number of anilines is 2. The third-order valence-corrected chi connectivity index (χ3v) is 6.41. The molecule has 1 saturated carbocycles. The van der Waals surface area contributed by atoms with Crippen LogP contribution in [0, 0.1) is 5.92 Å². The van der Waals surface area contributed by atoms with E-state index in [0.29, 0.717) is 5.75 Å². The molecule has 1 aliphatic heterocycles. The van der Waals surface area contributed by atoms with Gasteiger partial charge in [-0.15, -0.1) is 0 Å². The lowest BCUT2D eigenvalue weighted by molar-refractivity contribution is -0.119. The van der Waals surface area contributed by atoms with Gasteiger partial charge in [-0.1, -0.05) is 25.0 Å². The fourth-order valence-corrected chi connectivity index (χ4v) is 4.80. The lowest BCUT2D eigenvalue weighted by Crippen LogP contribution is -2.24. The number of hydrogen-bond donors (Lipinski definition) is 1. The molecule has 1 amide bonds. The van der Waals surface area contributed by atoms with Crippen LogP contribution in [-0.2, 0) is 17.9 Å². The summed E-state index contributed by atoms with van der Waals surface area (Å²) in [5, 5.41) is 3.13. The second-order valence-electron chi connectivity index (χ2n) is 8.30. The van der Waals surface area contributed by atoms with Crippen molar-refractivity contribution in [2.24, 2.45) is 5.92 Å². The molecule has 1 N–H and O–H groups in total. The van der Waals surface area contributed by atoms with Crippen molar-refractivity contribution in [3.63, 3.8) is 0 Å². The van der Waals surface area contributed by atoms with E-state index in [1.807, 2.05) is 18.2 Å². The summed E-state index contributed by atoms with van der Waals surface area (Å²) in [5.41, 5.74) is 4.09. The lowest BCUT2D eigenvalue weighted by atomic mass is 10.1. The highest BCUT2D eigenvalue weighted by Crippen LogP contribution is 2.33. The van der Waals surface area contributed by atoms with Crippen molar-refractivity contribution in [1.82, 2.24) is 9.55 Å². The molecule has 0 bridgehead atoms. The number of amides is 1. The zero-order valence-electron chi connectivity index (χ0n) is 17.4. The van der Waals surface area contributed by atoms with Crippen LogP contribution in [0.3, 0.4) is 0 Å². The van der Waals surface area contributed by atoms with Crippen molar-refractivity contribution >= 4 is 28.3 Å². The molecule has 2 aliphatic rings. The zero-order valence-corrected chi connectivity index (χ0v) is 17.4. The van der Waals surface area contributed by atoms with Crippen molar-refractivity contribution < 1.29 is 9.53 Å². The molecule has 3 aromatic rings. The van der Waals surface area contributed by atoms with Crippen LogP contribution in [0.2, 0.25) is 0 Å². The van der Waals surface area contributed by atoms with E-state index in [2.05, 4.69) is 39.0 Å². The van der Waals surface area contributed by atoms with Gasteiger partial charge in [-0.25, -0.2) is 4.98 Å². The van der Waals surface area contributed by atoms with Gasteiger partial charge in [0, 0.05) is 24.7 Å². The predicted octanol–water partition coefficient (Wildman–Crippen LogP) is 4.58. The van der Waals surface area contributed by atoms with E-state index in [1.54, 1.807) is 7.11 Å². The minimum absolute atomic E-state index is 0.112. The summed E-state index contributed by atoms with van der Waals surface area (Å²) in [6.45, 7) is 2.66. The Morgan fingerprint density at radius 1 is 1.10 bits per heavy atom. The van der Waals surface area contributed by atoms with Crippen LogP contribution in [0.5, 0.6) is 5.75 Å². The molecule has 1 aromatic heterocycles. The van der Waals surface area contributed by atoms with Gasteiger partial charge in [0.05, 0.1) is 30.4 Å². The van der Waals surface area contributed by atoms with E-state index in [9.17, 15) is 4.79 Å². The Labute approximate surface area is 176 Å². The number of nitrogens with one attached hydrogen (secondary N) is 1. The number of carbonyl (C=O) groups excluding carboxylic acids is 1. The van der Waals surface area contributed by atoms with Gasteiger partial charge in [-0.05, 0) is 49.6 Å². The molecule has 2 aromatic carbocycles. The van der Waals surface area contributed by atoms with Crippen molar-refractivity contribution in [3.05, 3.63) is 48.3 Å². The number of benzene rings is 2. The number of carbonyl (C=O) groups is 1. The summed E-state index contributed by atoms with van der Waals surface area (Å²) < 4.78 is 7.86. The average molecular weight is 405 g/mol. The maximum absolute atomic E-state index is 12.7. The summed E-state index contributed by atoms with van der Waals surface area (Å²) in [5.74, 6) is 2.02. The highest BCUT2D eigenvalue weighted by Gasteiger charge is 2.24. The number of rotatable bonds is 4. The highest BCUT2D eigenvalue weighted by atomic mass is 16.5. The van der Waals surface area contributed by atoms with Crippen molar-refractivity contribution in [1.29, 1.82) is 0 Å². The van der Waals surface area contributed by atoms with Crippen molar-refractivity contribution in [2.75, 3.05) is 23.9 Å². The number of fused-ring (bicyclic) bond motifs is 3. The summed E-state index contributed by atoms with van der Waals surface area (Å²) in [6.07, 6.45) is 5.30. The van der Waals surface area contributed by atoms with E-state index in [0.717, 1.165) is 74.5 Å². The first-order valence-electron chi connectivity index (χ1n) is 10.9. The van der Waals surface area contributed by atoms with E-state index < -0.39 is 0 Å². The molecule has 6 heteroatoms. The average Bonchev–Trinajstić information content (AvgIpc) is 3.37. The Bertz CT molecular complexity index is 1070. The predicted molar refractivity (Wildman–Crippen MR) is 119 cm³/mol. The largest absolute Gasteiger partial charge is 0.495 e. The quantitative estimate of drug-likeness (QED) is 0.691. The number of hydrogen-bond acceptors (Lipinski definition) is 4. The number of aryl methyl sites for hydroxylation is 1. The normalized spacial score (nSPS) is 17.0. The molecule has 0 radical (unpaired) electrons. The van der Waals surface area contributed by atoms with Gasteiger partial charge in [0.15, 0.2) is 0 Å². The van der Waals surface area contributed by atoms with Gasteiger partial charge in [0.1, 0.15) is 11.6 Å². The molecule has 0 saturated heterocycles. The van der Waals surface area contributed by atoms with Crippen LogP contribution in [0.15, 0.2) is 42.5 Å². The van der Waals surface area contributed by atoms with E-state index >= 15 is 0 Å². The molecule has 2 heterocycles. The summed E-state index contributed by atoms with van der Waals surface area (Å²) >= 11 is 0. The first-order valence-corrected chi connectivity index (χ1v) is 10.9. The first-order chi connectivity index (χ1) is 14.7. The lowest BCUT2D eigenvalue weighted by Gasteiger charge is -2.24. The van der Waals surface area contributed by atoms with Gasteiger partial charge in [-0.3, -0.25) is 4.79 Å². The van der Waals surface area contributed by atoms with Gasteiger partial charge in [0.2, 0.25) is 5.91 Å². The van der Waals surface area contributed by atoms with Gasteiger partial charge in [-0.2, -0.15) is 0 Å². The number of imidazole rings is 1. The third-order valence-electron chi connectivity index (χ3n) is 6.41. The van der Waals surface area contributed by atoms with Crippen LogP contribution < -0.4 is 15.0 Å². The van der Waals surface area contributed by atoms with Crippen LogP contribution >= 0.6 is 0 Å². The van der Waals surface area contributed by atoms with Gasteiger partial charge >= 0.3 is 0 Å². The fraction of sp³-hybridized carbons (Fsp3) is 0.417. The Morgan fingerprint density at radius 2 is 1.93 bits per heavy atom. The summed E-state index contributed by atoms with van der Waals surface area (Å²) in [7, 11) is 1.65. The first kappa shape index (κ1) is 19.0. The third kappa shape index (κ3) is 3.51.